The van der Waals surface area contributed by atoms with Crippen LogP contribution in [0.25, 0.3) is 10.2 Å². The molecule has 2 saturated heterocycles. The molecule has 0 spiro atoms. The van der Waals surface area contributed by atoms with Gasteiger partial charge in [0.05, 0.1) is 11.5 Å². The van der Waals surface area contributed by atoms with E-state index in [1.54, 1.807) is 17.7 Å². The van der Waals surface area contributed by atoms with Gasteiger partial charge in [0.1, 0.15) is 23.0 Å². The Kier molecular flexibility index (Phi) is 4.13. The molecular formula is C16H20N4O2S. The lowest BCUT2D eigenvalue weighted by atomic mass is 10.2. The van der Waals surface area contributed by atoms with Crippen molar-refractivity contribution in [3.05, 3.63) is 17.8 Å². The fourth-order valence-corrected chi connectivity index (χ4v) is 4.16. The number of nitrogens with one attached hydrogen (secondary N) is 1. The van der Waals surface area contributed by atoms with Gasteiger partial charge >= 0.3 is 0 Å². The highest BCUT2D eigenvalue weighted by atomic mass is 32.1. The molecule has 0 bridgehead atoms. The van der Waals surface area contributed by atoms with E-state index in [-0.39, 0.29) is 18.1 Å². The SMILES string of the molecule is O=C(NC[C@@H]1CCCO1)[C@H]1CCCN1c1ncnc2sccc12. The Balaban J connectivity index is 1.49. The van der Waals surface area contributed by atoms with Crippen LogP contribution in [0.3, 0.4) is 0 Å². The maximum Gasteiger partial charge on any atom is 0.242 e. The largest absolute Gasteiger partial charge is 0.376 e. The van der Waals surface area contributed by atoms with Crippen LogP contribution in [0, 0.1) is 0 Å². The molecule has 2 atom stereocenters. The van der Waals surface area contributed by atoms with E-state index in [4.69, 9.17) is 4.74 Å². The Hall–Kier alpha value is -1.73. The monoisotopic (exact) mass is 332 g/mol. The number of nitrogens with zero attached hydrogens (tertiary/aromatic N) is 3. The molecule has 2 aliphatic rings. The first-order chi connectivity index (χ1) is 11.3. The van der Waals surface area contributed by atoms with E-state index in [9.17, 15) is 4.79 Å². The highest BCUT2D eigenvalue weighted by Gasteiger charge is 2.33. The summed E-state index contributed by atoms with van der Waals surface area (Å²) >= 11 is 1.60. The molecule has 7 heteroatoms. The normalized spacial score (nSPS) is 24.4. The van der Waals surface area contributed by atoms with Gasteiger partial charge in [0, 0.05) is 19.7 Å². The molecule has 23 heavy (non-hydrogen) atoms. The minimum atomic E-state index is -0.144. The Bertz CT molecular complexity index is 698. The number of thiophene rings is 1. The number of hydrogen-bond donors (Lipinski definition) is 1. The molecule has 0 radical (unpaired) electrons. The molecule has 122 valence electrons. The quantitative estimate of drug-likeness (QED) is 0.927. The van der Waals surface area contributed by atoms with Crippen molar-refractivity contribution in [2.24, 2.45) is 0 Å². The zero-order valence-electron chi connectivity index (χ0n) is 12.9. The number of carbonyl (C=O) groups excluding carboxylic acids is 1. The standard InChI is InChI=1S/C16H20N4O2S/c21-15(17-9-11-3-2-7-22-11)13-4-1-6-20(13)14-12-5-8-23-16(12)19-10-18-14/h5,8,10-11,13H,1-4,6-7,9H2,(H,17,21)/t11-,13+/m0/s1. The molecule has 4 heterocycles. The summed E-state index contributed by atoms with van der Waals surface area (Å²) in [6, 6.07) is 1.89. The van der Waals surface area contributed by atoms with Crippen LogP contribution in [-0.2, 0) is 9.53 Å². The Morgan fingerprint density at radius 2 is 2.35 bits per heavy atom. The molecule has 2 aliphatic heterocycles. The topological polar surface area (TPSA) is 67.3 Å². The molecule has 0 aromatic carbocycles. The summed E-state index contributed by atoms with van der Waals surface area (Å²) < 4.78 is 5.58. The first-order valence-electron chi connectivity index (χ1n) is 8.17. The zero-order valence-corrected chi connectivity index (χ0v) is 13.7. The van der Waals surface area contributed by atoms with Crippen LogP contribution >= 0.6 is 11.3 Å². The summed E-state index contributed by atoms with van der Waals surface area (Å²) in [4.78, 5) is 24.5. The molecule has 1 N–H and O–H groups in total. The average Bonchev–Trinajstić information content (AvgIpc) is 3.32. The molecule has 2 fully saturated rings. The van der Waals surface area contributed by atoms with Crippen LogP contribution in [0.15, 0.2) is 17.8 Å². The van der Waals surface area contributed by atoms with Crippen molar-refractivity contribution in [1.82, 2.24) is 15.3 Å². The summed E-state index contributed by atoms with van der Waals surface area (Å²) in [6.07, 6.45) is 5.77. The Labute approximate surface area is 138 Å². The smallest absolute Gasteiger partial charge is 0.242 e. The van der Waals surface area contributed by atoms with Crippen molar-refractivity contribution in [1.29, 1.82) is 0 Å². The minimum Gasteiger partial charge on any atom is -0.376 e. The van der Waals surface area contributed by atoms with Gasteiger partial charge in [-0.2, -0.15) is 0 Å². The van der Waals surface area contributed by atoms with Crippen molar-refractivity contribution in [3.63, 3.8) is 0 Å². The molecule has 0 aliphatic carbocycles. The first kappa shape index (κ1) is 14.8. The Morgan fingerprint density at radius 1 is 1.39 bits per heavy atom. The van der Waals surface area contributed by atoms with Gasteiger partial charge in [-0.25, -0.2) is 9.97 Å². The summed E-state index contributed by atoms with van der Waals surface area (Å²) in [6.45, 7) is 2.29. The predicted molar refractivity (Wildman–Crippen MR) is 89.8 cm³/mol. The maximum atomic E-state index is 12.6. The minimum absolute atomic E-state index is 0.0833. The van der Waals surface area contributed by atoms with E-state index >= 15 is 0 Å². The van der Waals surface area contributed by atoms with Crippen molar-refractivity contribution < 1.29 is 9.53 Å². The van der Waals surface area contributed by atoms with Gasteiger partial charge in [0.25, 0.3) is 0 Å². The molecule has 1 amide bonds. The highest BCUT2D eigenvalue weighted by Crippen LogP contribution is 2.31. The van der Waals surface area contributed by atoms with E-state index in [1.165, 1.54) is 0 Å². The molecule has 4 rings (SSSR count). The second-order valence-corrected chi connectivity index (χ2v) is 6.96. The highest BCUT2D eigenvalue weighted by molar-refractivity contribution is 7.16. The van der Waals surface area contributed by atoms with Crippen LogP contribution in [0.1, 0.15) is 25.7 Å². The van der Waals surface area contributed by atoms with Gasteiger partial charge in [-0.3, -0.25) is 4.79 Å². The van der Waals surface area contributed by atoms with Gasteiger partial charge in [-0.15, -0.1) is 11.3 Å². The third-order valence-electron chi connectivity index (χ3n) is 4.60. The fourth-order valence-electron chi connectivity index (χ4n) is 3.44. The third-order valence-corrected chi connectivity index (χ3v) is 5.42. The predicted octanol–water partition coefficient (Wildman–Crippen LogP) is 1.96. The van der Waals surface area contributed by atoms with Gasteiger partial charge in [-0.1, -0.05) is 0 Å². The molecule has 2 aromatic heterocycles. The average molecular weight is 332 g/mol. The van der Waals surface area contributed by atoms with Crippen LogP contribution in [0.4, 0.5) is 5.82 Å². The number of fused-ring (bicyclic) bond motifs is 1. The van der Waals surface area contributed by atoms with Gasteiger partial charge in [-0.05, 0) is 37.1 Å². The van der Waals surface area contributed by atoms with Crippen molar-refractivity contribution >= 4 is 33.3 Å². The van der Waals surface area contributed by atoms with E-state index in [0.29, 0.717) is 6.54 Å². The zero-order chi connectivity index (χ0) is 15.6. The fraction of sp³-hybridized carbons (Fsp3) is 0.562. The molecule has 2 aromatic rings. The number of anilines is 1. The molecular weight excluding hydrogens is 312 g/mol. The lowest BCUT2D eigenvalue weighted by molar-refractivity contribution is -0.122. The third kappa shape index (κ3) is 2.90. The maximum absolute atomic E-state index is 12.6. The second kappa shape index (κ2) is 6.41. The van der Waals surface area contributed by atoms with Crippen LogP contribution < -0.4 is 10.2 Å². The van der Waals surface area contributed by atoms with E-state index in [0.717, 1.165) is 54.9 Å². The number of aromatic nitrogens is 2. The number of rotatable bonds is 4. The van der Waals surface area contributed by atoms with E-state index in [1.807, 2.05) is 11.4 Å². The first-order valence-corrected chi connectivity index (χ1v) is 9.05. The van der Waals surface area contributed by atoms with Gasteiger partial charge in [0.15, 0.2) is 0 Å². The number of amides is 1. The van der Waals surface area contributed by atoms with Crippen molar-refractivity contribution in [3.8, 4) is 0 Å². The van der Waals surface area contributed by atoms with Crippen LogP contribution in [-0.4, -0.2) is 47.7 Å². The number of carbonyl (C=O) groups is 1. The summed E-state index contributed by atoms with van der Waals surface area (Å²) in [5.41, 5.74) is 0. The second-order valence-electron chi connectivity index (χ2n) is 6.07. The van der Waals surface area contributed by atoms with Gasteiger partial charge < -0.3 is 15.0 Å². The van der Waals surface area contributed by atoms with Crippen molar-refractivity contribution in [2.75, 3.05) is 24.6 Å². The van der Waals surface area contributed by atoms with Crippen LogP contribution in [0.2, 0.25) is 0 Å². The molecule has 6 nitrogen and oxygen atoms in total. The van der Waals surface area contributed by atoms with E-state index < -0.39 is 0 Å². The lowest BCUT2D eigenvalue weighted by Crippen LogP contribution is -2.45. The van der Waals surface area contributed by atoms with Crippen molar-refractivity contribution in [2.45, 2.75) is 37.8 Å². The molecule has 0 saturated carbocycles. The van der Waals surface area contributed by atoms with Gasteiger partial charge in [0.2, 0.25) is 5.91 Å². The Morgan fingerprint density at radius 3 is 3.22 bits per heavy atom. The lowest BCUT2D eigenvalue weighted by Gasteiger charge is -2.25. The summed E-state index contributed by atoms with van der Waals surface area (Å²) in [5, 5.41) is 6.12. The summed E-state index contributed by atoms with van der Waals surface area (Å²) in [7, 11) is 0. The van der Waals surface area contributed by atoms with Crippen LogP contribution in [0.5, 0.6) is 0 Å². The molecule has 0 unspecified atom stereocenters. The summed E-state index contributed by atoms with van der Waals surface area (Å²) in [5.74, 6) is 0.964. The van der Waals surface area contributed by atoms with E-state index in [2.05, 4.69) is 20.2 Å². The number of hydrogen-bond acceptors (Lipinski definition) is 6. The number of ether oxygens (including phenoxy) is 1.